The molecule has 2 aromatic rings. The van der Waals surface area contributed by atoms with Gasteiger partial charge >= 0.3 is 12.1 Å². The number of carbonyl (C=O) groups is 3. The fourth-order valence-electron chi connectivity index (χ4n) is 4.76. The topological polar surface area (TPSA) is 105 Å². The Morgan fingerprint density at radius 3 is 2.26 bits per heavy atom. The van der Waals surface area contributed by atoms with Gasteiger partial charge in [-0.3, -0.25) is 9.59 Å². The van der Waals surface area contributed by atoms with Gasteiger partial charge in [0.15, 0.2) is 0 Å². The van der Waals surface area contributed by atoms with Gasteiger partial charge in [0.05, 0.1) is 5.92 Å². The molecule has 7 heteroatoms. The number of carboxylic acids is 1. The van der Waals surface area contributed by atoms with Gasteiger partial charge in [-0.15, -0.1) is 0 Å². The lowest BCUT2D eigenvalue weighted by Gasteiger charge is -2.19. The number of benzene rings is 2. The van der Waals surface area contributed by atoms with Gasteiger partial charge in [-0.25, -0.2) is 4.79 Å². The number of carboxylic acid groups (broad SMARTS) is 1. The van der Waals surface area contributed by atoms with E-state index in [1.165, 1.54) is 11.1 Å². The zero-order valence-electron chi connectivity index (χ0n) is 19.2. The van der Waals surface area contributed by atoms with Gasteiger partial charge in [-0.1, -0.05) is 67.6 Å². The van der Waals surface area contributed by atoms with Crippen LogP contribution in [0.5, 0.6) is 0 Å². The molecule has 0 spiro atoms. The number of amides is 2. The molecule has 0 radical (unpaired) electrons. The lowest BCUT2D eigenvalue weighted by molar-refractivity contribution is -0.140. The van der Waals surface area contributed by atoms with Crippen LogP contribution in [0.25, 0.3) is 11.1 Å². The molecule has 0 saturated carbocycles. The van der Waals surface area contributed by atoms with E-state index in [1.54, 1.807) is 12.2 Å². The predicted octanol–water partition coefficient (Wildman–Crippen LogP) is 4.23. The van der Waals surface area contributed by atoms with E-state index >= 15 is 0 Å². The Bertz CT molecular complexity index is 1050. The van der Waals surface area contributed by atoms with E-state index in [9.17, 15) is 14.4 Å². The Labute approximate surface area is 199 Å². The molecule has 2 aromatic carbocycles. The average Bonchev–Trinajstić information content (AvgIpc) is 3.43. The Morgan fingerprint density at radius 1 is 1.03 bits per heavy atom. The molecule has 178 valence electrons. The van der Waals surface area contributed by atoms with Crippen LogP contribution in [-0.4, -0.2) is 41.8 Å². The summed E-state index contributed by atoms with van der Waals surface area (Å²) in [6, 6.07) is 15.9. The maximum absolute atomic E-state index is 12.5. The lowest BCUT2D eigenvalue weighted by atomic mass is 9.98. The Morgan fingerprint density at radius 2 is 1.68 bits per heavy atom. The van der Waals surface area contributed by atoms with Crippen molar-refractivity contribution in [3.05, 3.63) is 71.8 Å². The molecule has 0 aliphatic heterocycles. The van der Waals surface area contributed by atoms with Crippen molar-refractivity contribution < 1.29 is 24.2 Å². The molecule has 0 saturated heterocycles. The van der Waals surface area contributed by atoms with Gasteiger partial charge in [0.25, 0.3) is 0 Å². The van der Waals surface area contributed by atoms with Crippen LogP contribution in [0.2, 0.25) is 0 Å². The van der Waals surface area contributed by atoms with Crippen molar-refractivity contribution in [1.82, 2.24) is 10.6 Å². The first-order valence-corrected chi connectivity index (χ1v) is 11.8. The van der Waals surface area contributed by atoms with Crippen LogP contribution in [-0.2, 0) is 14.3 Å². The molecule has 0 heterocycles. The van der Waals surface area contributed by atoms with Crippen molar-refractivity contribution in [2.24, 2.45) is 5.92 Å². The summed E-state index contributed by atoms with van der Waals surface area (Å²) in [4.78, 5) is 35.8. The monoisotopic (exact) mass is 462 g/mol. The molecule has 4 rings (SSSR count). The van der Waals surface area contributed by atoms with E-state index in [1.807, 2.05) is 31.2 Å². The molecule has 0 aromatic heterocycles. The van der Waals surface area contributed by atoms with Crippen LogP contribution < -0.4 is 10.6 Å². The highest BCUT2D eigenvalue weighted by molar-refractivity contribution is 5.79. The maximum atomic E-state index is 12.5. The summed E-state index contributed by atoms with van der Waals surface area (Å²) in [5.74, 6) is -1.60. The second kappa shape index (κ2) is 10.5. The largest absolute Gasteiger partial charge is 0.481 e. The third-order valence-corrected chi connectivity index (χ3v) is 6.63. The minimum absolute atomic E-state index is 0.00176. The molecular formula is C27H30N2O5. The molecule has 2 aliphatic rings. The fraction of sp³-hybridized carbons (Fsp3) is 0.370. The second-order valence-electron chi connectivity index (χ2n) is 8.85. The van der Waals surface area contributed by atoms with Gasteiger partial charge in [-0.2, -0.15) is 0 Å². The molecule has 3 unspecified atom stereocenters. The van der Waals surface area contributed by atoms with Gasteiger partial charge in [0.2, 0.25) is 5.91 Å². The molecule has 2 amide bonds. The summed E-state index contributed by atoms with van der Waals surface area (Å²) in [5.41, 5.74) is 4.67. The third-order valence-electron chi connectivity index (χ3n) is 6.63. The number of hydrogen-bond donors (Lipinski definition) is 3. The van der Waals surface area contributed by atoms with Gasteiger partial charge in [-0.05, 0) is 41.5 Å². The molecular weight excluding hydrogens is 432 g/mol. The maximum Gasteiger partial charge on any atom is 0.407 e. The summed E-state index contributed by atoms with van der Waals surface area (Å²) < 4.78 is 5.61. The highest BCUT2D eigenvalue weighted by atomic mass is 16.5. The van der Waals surface area contributed by atoms with Crippen LogP contribution in [0.4, 0.5) is 4.79 Å². The first-order valence-electron chi connectivity index (χ1n) is 11.8. The first-order chi connectivity index (χ1) is 16.5. The van der Waals surface area contributed by atoms with Crippen LogP contribution in [0.15, 0.2) is 60.7 Å². The van der Waals surface area contributed by atoms with E-state index in [-0.39, 0.29) is 36.9 Å². The smallest absolute Gasteiger partial charge is 0.407 e. The lowest BCUT2D eigenvalue weighted by Crippen LogP contribution is -2.38. The van der Waals surface area contributed by atoms with Gasteiger partial charge in [0.1, 0.15) is 6.61 Å². The van der Waals surface area contributed by atoms with Crippen LogP contribution in [0.3, 0.4) is 0 Å². The van der Waals surface area contributed by atoms with Crippen molar-refractivity contribution in [1.29, 1.82) is 0 Å². The third kappa shape index (κ3) is 5.30. The molecule has 7 nitrogen and oxygen atoms in total. The highest BCUT2D eigenvalue weighted by Gasteiger charge is 2.29. The number of ether oxygens (including phenoxy) is 1. The SMILES string of the molecule is CCC(CCC(=O)NC1C=CC(C(=O)O)C1)NC(=O)OCC1c2ccccc2-c2ccccc21. The minimum Gasteiger partial charge on any atom is -0.481 e. The summed E-state index contributed by atoms with van der Waals surface area (Å²) in [5, 5.41) is 14.8. The van der Waals surface area contributed by atoms with E-state index < -0.39 is 18.0 Å². The molecule has 3 atom stereocenters. The Kier molecular flexibility index (Phi) is 7.30. The Balaban J connectivity index is 1.25. The fourth-order valence-corrected chi connectivity index (χ4v) is 4.76. The molecule has 34 heavy (non-hydrogen) atoms. The number of hydrogen-bond acceptors (Lipinski definition) is 4. The zero-order chi connectivity index (χ0) is 24.1. The first kappa shape index (κ1) is 23.5. The van der Waals surface area contributed by atoms with Crippen molar-refractivity contribution in [2.45, 2.75) is 50.6 Å². The Hall–Kier alpha value is -3.61. The van der Waals surface area contributed by atoms with Gasteiger partial charge < -0.3 is 20.5 Å². The van der Waals surface area contributed by atoms with E-state index in [0.29, 0.717) is 19.3 Å². The summed E-state index contributed by atoms with van der Waals surface area (Å²) in [6.45, 7) is 2.19. The molecule has 0 fully saturated rings. The number of rotatable bonds is 9. The summed E-state index contributed by atoms with van der Waals surface area (Å²) >= 11 is 0. The number of aliphatic carboxylic acids is 1. The quantitative estimate of drug-likeness (QED) is 0.484. The zero-order valence-corrected chi connectivity index (χ0v) is 19.2. The van der Waals surface area contributed by atoms with Crippen LogP contribution in [0.1, 0.15) is 49.7 Å². The average molecular weight is 463 g/mol. The molecule has 3 N–H and O–H groups in total. The molecule has 0 bridgehead atoms. The van der Waals surface area contributed by atoms with E-state index in [2.05, 4.69) is 34.9 Å². The van der Waals surface area contributed by atoms with Crippen molar-refractivity contribution in [2.75, 3.05) is 6.61 Å². The summed E-state index contributed by atoms with van der Waals surface area (Å²) in [6.07, 6.45) is 4.61. The normalized spacial score (nSPS) is 19.2. The highest BCUT2D eigenvalue weighted by Crippen LogP contribution is 2.44. The van der Waals surface area contributed by atoms with Crippen molar-refractivity contribution in [3.63, 3.8) is 0 Å². The van der Waals surface area contributed by atoms with Crippen LogP contribution in [0, 0.1) is 5.92 Å². The van der Waals surface area contributed by atoms with E-state index in [4.69, 9.17) is 9.84 Å². The molecule has 2 aliphatic carbocycles. The number of alkyl carbamates (subject to hydrolysis) is 1. The predicted molar refractivity (Wildman–Crippen MR) is 128 cm³/mol. The van der Waals surface area contributed by atoms with Gasteiger partial charge in [0, 0.05) is 24.4 Å². The standard InChI is InChI=1S/C27H30N2O5/c1-2-18(13-14-25(30)28-19-12-11-17(15-19)26(31)32)29-27(33)34-16-24-22-9-5-3-7-20(22)21-8-4-6-10-23(21)24/h3-12,17-19,24H,2,13-16H2,1H3,(H,28,30)(H,29,33)(H,31,32). The minimum atomic E-state index is -0.883. The second-order valence-corrected chi connectivity index (χ2v) is 8.85. The number of nitrogens with one attached hydrogen (secondary N) is 2. The van der Waals surface area contributed by atoms with E-state index in [0.717, 1.165) is 11.1 Å². The summed E-state index contributed by atoms with van der Waals surface area (Å²) in [7, 11) is 0. The number of carbonyl (C=O) groups excluding carboxylic acids is 2. The van der Waals surface area contributed by atoms with Crippen molar-refractivity contribution in [3.8, 4) is 11.1 Å². The number of fused-ring (bicyclic) bond motifs is 3. The van der Waals surface area contributed by atoms with Crippen LogP contribution >= 0.6 is 0 Å². The van der Waals surface area contributed by atoms with Crippen molar-refractivity contribution >= 4 is 18.0 Å².